The molecule has 0 N–H and O–H groups in total. The fourth-order valence-electron chi connectivity index (χ4n) is 0.204. The smallest absolute Gasteiger partial charge is 0.140 e. The molecule has 0 aromatic heterocycles. The highest BCUT2D eigenvalue weighted by molar-refractivity contribution is 4.35. The zero-order valence-corrected chi connectivity index (χ0v) is 2.72. The first kappa shape index (κ1) is 2.63. The highest BCUT2D eigenvalue weighted by Crippen LogP contribution is 1.87. The summed E-state index contributed by atoms with van der Waals surface area (Å²) in [5.74, 6) is 0. The van der Waals surface area contributed by atoms with Crippen molar-refractivity contribution in [2.45, 2.75) is 0 Å². The molecule has 3 heteroatoms. The van der Waals surface area contributed by atoms with E-state index >= 15 is 0 Å². The van der Waals surface area contributed by atoms with E-state index in [1.807, 2.05) is 0 Å². The van der Waals surface area contributed by atoms with Crippen molar-refractivity contribution in [1.82, 2.24) is 0 Å². The van der Waals surface area contributed by atoms with Gasteiger partial charge in [-0.15, -0.1) is 0 Å². The van der Waals surface area contributed by atoms with Crippen LogP contribution in [0.3, 0.4) is 0 Å². The van der Waals surface area contributed by atoms with Crippen molar-refractivity contribution in [3.05, 3.63) is 0 Å². The van der Waals surface area contributed by atoms with E-state index in [9.17, 15) is 0 Å². The molecule has 0 radical (unpaired) electrons. The van der Waals surface area contributed by atoms with E-state index in [0.29, 0.717) is 6.61 Å². The Kier molecular flexibility index (Phi) is 0.532. The summed E-state index contributed by atoms with van der Waals surface area (Å²) >= 11 is 0. The van der Waals surface area contributed by atoms with Crippen molar-refractivity contribution >= 4 is 0 Å². The molecule has 3 nitrogen and oxygen atoms in total. The average Bonchev–Trinajstić information content (AvgIpc) is 1.76. The average molecular weight is 72.1 g/mol. The first-order chi connectivity index (χ1) is 2.50. The topological polar surface area (TPSA) is 34.0 Å². The minimum Gasteiger partial charge on any atom is -0.378 e. The summed E-state index contributed by atoms with van der Waals surface area (Å²) in [6.07, 6.45) is 0. The lowest BCUT2D eigenvalue weighted by molar-refractivity contribution is 0.174. The molecule has 0 unspecified atom stereocenters. The van der Waals surface area contributed by atoms with Crippen molar-refractivity contribution in [3.63, 3.8) is 0 Å². The Hall–Kier alpha value is -0.600. The van der Waals surface area contributed by atoms with Gasteiger partial charge in [-0.2, -0.15) is 5.11 Å². The Morgan fingerprint density at radius 2 is 2.60 bits per heavy atom. The fraction of sp³-hybridized carbons (Fsp3) is 1.00. The van der Waals surface area contributed by atoms with E-state index in [0.717, 1.165) is 6.54 Å². The lowest BCUT2D eigenvalue weighted by Gasteiger charge is -1.72. The number of rotatable bonds is 0. The van der Waals surface area contributed by atoms with Crippen LogP contribution in [0.1, 0.15) is 0 Å². The van der Waals surface area contributed by atoms with Gasteiger partial charge in [0, 0.05) is 5.28 Å². The van der Waals surface area contributed by atoms with Crippen LogP contribution in [0.25, 0.3) is 0 Å². The Bertz CT molecular complexity index is 45.6. The maximum Gasteiger partial charge on any atom is 0.140 e. The monoisotopic (exact) mass is 72.0 g/mol. The van der Waals surface area contributed by atoms with Gasteiger partial charge in [0.2, 0.25) is 0 Å². The van der Waals surface area contributed by atoms with Crippen LogP contribution in [0.5, 0.6) is 0 Å². The minimum atomic E-state index is 0.667. The molecule has 0 spiro atoms. The minimum absolute atomic E-state index is 0.667. The highest BCUT2D eigenvalue weighted by Gasteiger charge is 1.87. The second kappa shape index (κ2) is 1.01. The van der Waals surface area contributed by atoms with Gasteiger partial charge in [0.15, 0.2) is 0 Å². The molecule has 0 aromatic carbocycles. The molecule has 0 aliphatic carbocycles. The molecule has 0 fully saturated rings. The largest absolute Gasteiger partial charge is 0.378 e. The van der Waals surface area contributed by atoms with Crippen molar-refractivity contribution in [1.29, 1.82) is 0 Å². The van der Waals surface area contributed by atoms with E-state index in [1.54, 1.807) is 0 Å². The maximum absolute atomic E-state index is 4.40. The van der Waals surface area contributed by atoms with Crippen LogP contribution in [-0.2, 0) is 4.84 Å². The molecule has 0 aromatic rings. The van der Waals surface area contributed by atoms with Gasteiger partial charge in [-0.3, -0.25) is 0 Å². The van der Waals surface area contributed by atoms with E-state index in [4.69, 9.17) is 0 Å². The van der Waals surface area contributed by atoms with Crippen LogP contribution in [0, 0.1) is 0 Å². The van der Waals surface area contributed by atoms with Gasteiger partial charge in [0.1, 0.15) is 13.2 Å². The predicted molar refractivity (Wildman–Crippen MR) is 15.7 cm³/mol. The Labute approximate surface area is 29.6 Å². The SMILES string of the molecule is C1CON=N1. The standard InChI is InChI=1S/C2H4N2O/c1-2-5-4-3-1/h1-2H2. The molecular formula is C2H4N2O. The first-order valence-electron chi connectivity index (χ1n) is 1.49. The molecule has 5 heavy (non-hydrogen) atoms. The first-order valence-corrected chi connectivity index (χ1v) is 1.49. The van der Waals surface area contributed by atoms with E-state index in [2.05, 4.69) is 15.2 Å². The number of nitrogens with zero attached hydrogens (tertiary/aromatic N) is 2. The summed E-state index contributed by atoms with van der Waals surface area (Å²) in [7, 11) is 0. The lowest BCUT2D eigenvalue weighted by atomic mass is 10.8. The van der Waals surface area contributed by atoms with E-state index in [1.165, 1.54) is 0 Å². The van der Waals surface area contributed by atoms with Gasteiger partial charge in [-0.1, -0.05) is 0 Å². The summed E-state index contributed by atoms with van der Waals surface area (Å²) in [6, 6.07) is 0. The van der Waals surface area contributed by atoms with Crippen LogP contribution in [0.4, 0.5) is 0 Å². The summed E-state index contributed by atoms with van der Waals surface area (Å²) in [6.45, 7) is 1.40. The molecule has 0 saturated carbocycles. The molecule has 1 heterocycles. The molecule has 0 amide bonds. The zero-order chi connectivity index (χ0) is 3.54. The van der Waals surface area contributed by atoms with Gasteiger partial charge in [-0.25, -0.2) is 0 Å². The molecular weight excluding hydrogens is 68.0 g/mol. The highest BCUT2D eigenvalue weighted by atomic mass is 16.6. The molecule has 28 valence electrons. The van der Waals surface area contributed by atoms with Crippen LogP contribution < -0.4 is 0 Å². The van der Waals surface area contributed by atoms with Gasteiger partial charge >= 0.3 is 0 Å². The zero-order valence-electron chi connectivity index (χ0n) is 2.72. The molecule has 0 atom stereocenters. The molecule has 1 rings (SSSR count). The third-order valence-corrected chi connectivity index (χ3v) is 0.398. The van der Waals surface area contributed by atoms with Crippen LogP contribution in [-0.4, -0.2) is 13.2 Å². The van der Waals surface area contributed by atoms with Crippen molar-refractivity contribution < 1.29 is 4.84 Å². The third kappa shape index (κ3) is 0.344. The number of hydrogen-bond donors (Lipinski definition) is 0. The van der Waals surface area contributed by atoms with Crippen LogP contribution in [0.2, 0.25) is 0 Å². The van der Waals surface area contributed by atoms with Crippen LogP contribution >= 0.6 is 0 Å². The van der Waals surface area contributed by atoms with E-state index in [-0.39, 0.29) is 0 Å². The summed E-state index contributed by atoms with van der Waals surface area (Å²) in [4.78, 5) is 4.40. The fourth-order valence-corrected chi connectivity index (χ4v) is 0.204. The van der Waals surface area contributed by atoms with Crippen molar-refractivity contribution in [2.75, 3.05) is 13.2 Å². The van der Waals surface area contributed by atoms with Gasteiger partial charge in [-0.05, 0) is 0 Å². The Morgan fingerprint density at radius 3 is 2.80 bits per heavy atom. The Balaban J connectivity index is 2.32. The summed E-state index contributed by atoms with van der Waals surface area (Å²) in [5.41, 5.74) is 0. The van der Waals surface area contributed by atoms with E-state index < -0.39 is 0 Å². The quantitative estimate of drug-likeness (QED) is 0.407. The molecule has 1 aliphatic heterocycles. The van der Waals surface area contributed by atoms with Crippen LogP contribution in [0.15, 0.2) is 10.4 Å². The summed E-state index contributed by atoms with van der Waals surface area (Å²) < 4.78 is 0. The second-order valence-electron chi connectivity index (χ2n) is 0.780. The predicted octanol–water partition coefficient (Wildman–Crippen LogP) is 0.384. The van der Waals surface area contributed by atoms with Crippen molar-refractivity contribution in [3.8, 4) is 0 Å². The number of hydrogen-bond acceptors (Lipinski definition) is 3. The van der Waals surface area contributed by atoms with Gasteiger partial charge < -0.3 is 4.84 Å². The molecule has 0 saturated heterocycles. The second-order valence-corrected chi connectivity index (χ2v) is 0.780. The van der Waals surface area contributed by atoms with Gasteiger partial charge in [0.25, 0.3) is 0 Å². The summed E-state index contributed by atoms with van der Waals surface area (Å²) in [5, 5.41) is 6.69. The van der Waals surface area contributed by atoms with Gasteiger partial charge in [0.05, 0.1) is 0 Å². The van der Waals surface area contributed by atoms with Crippen molar-refractivity contribution in [2.24, 2.45) is 10.4 Å². The molecule has 1 aliphatic rings. The maximum atomic E-state index is 4.40. The third-order valence-electron chi connectivity index (χ3n) is 0.398. The molecule has 0 bridgehead atoms. The Morgan fingerprint density at radius 1 is 1.60 bits per heavy atom. The normalized spacial score (nSPS) is 19.2. The lowest BCUT2D eigenvalue weighted by Crippen LogP contribution is -1.78.